The van der Waals surface area contributed by atoms with Crippen LogP contribution in [-0.2, 0) is 6.61 Å². The number of aromatic nitrogens is 1. The van der Waals surface area contributed by atoms with E-state index in [1.54, 1.807) is 48.0 Å². The van der Waals surface area contributed by atoms with Crippen molar-refractivity contribution in [1.82, 2.24) is 4.98 Å². The van der Waals surface area contributed by atoms with Crippen molar-refractivity contribution in [3.05, 3.63) is 69.6 Å². The molecule has 0 spiro atoms. The summed E-state index contributed by atoms with van der Waals surface area (Å²) < 4.78 is 11.0. The zero-order chi connectivity index (χ0) is 17.6. The highest BCUT2D eigenvalue weighted by Gasteiger charge is 2.12. The van der Waals surface area contributed by atoms with Gasteiger partial charge in [-0.05, 0) is 36.4 Å². The molecule has 1 heterocycles. The van der Waals surface area contributed by atoms with Crippen LogP contribution < -0.4 is 14.8 Å². The highest BCUT2D eigenvalue weighted by atomic mass is 35.5. The van der Waals surface area contributed by atoms with Crippen molar-refractivity contribution in [1.29, 1.82) is 0 Å². The van der Waals surface area contributed by atoms with Gasteiger partial charge in [-0.25, -0.2) is 4.98 Å². The second-order valence-corrected chi connectivity index (χ2v) is 6.25. The van der Waals surface area contributed by atoms with E-state index in [-0.39, 0.29) is 5.91 Å². The Morgan fingerprint density at radius 2 is 2.12 bits per heavy atom. The van der Waals surface area contributed by atoms with Gasteiger partial charge >= 0.3 is 0 Å². The summed E-state index contributed by atoms with van der Waals surface area (Å²) in [7, 11) is 1.53. The topological polar surface area (TPSA) is 60.5 Å². The number of thiazole rings is 1. The monoisotopic (exact) mass is 374 g/mol. The van der Waals surface area contributed by atoms with Crippen LogP contribution >= 0.6 is 22.9 Å². The molecule has 5 nitrogen and oxygen atoms in total. The van der Waals surface area contributed by atoms with E-state index in [1.807, 2.05) is 5.38 Å². The average Bonchev–Trinajstić information content (AvgIpc) is 3.13. The third-order valence-corrected chi connectivity index (χ3v) is 4.24. The minimum Gasteiger partial charge on any atom is -0.493 e. The van der Waals surface area contributed by atoms with Gasteiger partial charge in [0, 0.05) is 21.7 Å². The fourth-order valence-corrected chi connectivity index (χ4v) is 2.89. The zero-order valence-electron chi connectivity index (χ0n) is 13.4. The molecule has 0 atom stereocenters. The van der Waals surface area contributed by atoms with Gasteiger partial charge in [0.15, 0.2) is 11.5 Å². The Morgan fingerprint density at radius 3 is 2.84 bits per heavy atom. The molecule has 7 heteroatoms. The van der Waals surface area contributed by atoms with Crippen LogP contribution in [0.1, 0.15) is 16.1 Å². The zero-order valence-corrected chi connectivity index (χ0v) is 14.9. The molecule has 1 amide bonds. The van der Waals surface area contributed by atoms with Crippen LogP contribution in [0.5, 0.6) is 11.5 Å². The maximum atomic E-state index is 12.4. The summed E-state index contributed by atoms with van der Waals surface area (Å²) in [5, 5.41) is 5.27. The second-order valence-electron chi connectivity index (χ2n) is 5.10. The number of halogens is 1. The normalized spacial score (nSPS) is 10.3. The van der Waals surface area contributed by atoms with E-state index in [4.69, 9.17) is 21.1 Å². The van der Waals surface area contributed by atoms with Crippen LogP contribution in [0.2, 0.25) is 5.02 Å². The van der Waals surface area contributed by atoms with Gasteiger partial charge in [-0.2, -0.15) is 0 Å². The number of ether oxygens (including phenoxy) is 2. The van der Waals surface area contributed by atoms with Crippen molar-refractivity contribution in [3.63, 3.8) is 0 Å². The number of amides is 1. The number of hydrogen-bond donors (Lipinski definition) is 1. The summed E-state index contributed by atoms with van der Waals surface area (Å²) in [6.45, 7) is 0.341. The SMILES string of the molecule is COc1cc(C(=O)Nc2cccc(Cl)c2)ccc1OCc1cscn1. The van der Waals surface area contributed by atoms with Gasteiger partial charge in [-0.3, -0.25) is 4.79 Å². The highest BCUT2D eigenvalue weighted by molar-refractivity contribution is 7.07. The van der Waals surface area contributed by atoms with E-state index < -0.39 is 0 Å². The Labute approximate surface area is 154 Å². The Bertz CT molecular complexity index is 869. The molecular formula is C18H15ClN2O3S. The molecular weight excluding hydrogens is 360 g/mol. The minimum absolute atomic E-state index is 0.258. The van der Waals surface area contributed by atoms with E-state index in [1.165, 1.54) is 18.4 Å². The third-order valence-electron chi connectivity index (χ3n) is 3.37. The van der Waals surface area contributed by atoms with Crippen molar-refractivity contribution >= 4 is 34.5 Å². The van der Waals surface area contributed by atoms with Gasteiger partial charge in [0.1, 0.15) is 6.61 Å². The Hall–Kier alpha value is -2.57. The highest BCUT2D eigenvalue weighted by Crippen LogP contribution is 2.29. The number of carbonyl (C=O) groups is 1. The fourth-order valence-electron chi connectivity index (χ4n) is 2.16. The number of nitrogens with zero attached hydrogens (tertiary/aromatic N) is 1. The minimum atomic E-state index is -0.258. The van der Waals surface area contributed by atoms with Crippen molar-refractivity contribution in [3.8, 4) is 11.5 Å². The molecule has 0 saturated heterocycles. The first-order chi connectivity index (χ1) is 12.2. The van der Waals surface area contributed by atoms with Gasteiger partial charge in [-0.15, -0.1) is 11.3 Å². The lowest BCUT2D eigenvalue weighted by molar-refractivity contribution is 0.102. The molecule has 0 aliphatic carbocycles. The summed E-state index contributed by atoms with van der Waals surface area (Å²) in [6, 6.07) is 12.0. The van der Waals surface area contributed by atoms with E-state index in [9.17, 15) is 4.79 Å². The molecule has 2 aromatic carbocycles. The molecule has 0 radical (unpaired) electrons. The van der Waals surface area contributed by atoms with Crippen LogP contribution in [0.4, 0.5) is 5.69 Å². The summed E-state index contributed by atoms with van der Waals surface area (Å²) in [4.78, 5) is 16.6. The number of nitrogens with one attached hydrogen (secondary N) is 1. The molecule has 0 unspecified atom stereocenters. The largest absolute Gasteiger partial charge is 0.493 e. The van der Waals surface area contributed by atoms with Crippen molar-refractivity contribution < 1.29 is 14.3 Å². The Kier molecular flexibility index (Phi) is 5.53. The van der Waals surface area contributed by atoms with E-state index in [0.717, 1.165) is 5.69 Å². The van der Waals surface area contributed by atoms with Crippen molar-refractivity contribution in [2.45, 2.75) is 6.61 Å². The second kappa shape index (κ2) is 8.00. The predicted octanol–water partition coefficient (Wildman–Crippen LogP) is 4.64. The summed E-state index contributed by atoms with van der Waals surface area (Å²) in [5.41, 5.74) is 3.67. The third kappa shape index (κ3) is 4.49. The Morgan fingerprint density at radius 1 is 1.24 bits per heavy atom. The number of benzene rings is 2. The molecule has 1 N–H and O–H groups in total. The molecule has 3 rings (SSSR count). The molecule has 3 aromatic rings. The predicted molar refractivity (Wildman–Crippen MR) is 98.8 cm³/mol. The maximum absolute atomic E-state index is 12.4. The van der Waals surface area contributed by atoms with Crippen LogP contribution in [-0.4, -0.2) is 18.0 Å². The summed E-state index contributed by atoms with van der Waals surface area (Å²) >= 11 is 7.44. The first-order valence-corrected chi connectivity index (χ1v) is 8.72. The molecule has 0 fully saturated rings. The summed E-state index contributed by atoms with van der Waals surface area (Å²) in [6.07, 6.45) is 0. The van der Waals surface area contributed by atoms with Crippen LogP contribution in [0.15, 0.2) is 53.4 Å². The Balaban J connectivity index is 1.72. The van der Waals surface area contributed by atoms with E-state index >= 15 is 0 Å². The lowest BCUT2D eigenvalue weighted by atomic mass is 10.2. The molecule has 128 valence electrons. The van der Waals surface area contributed by atoms with E-state index in [2.05, 4.69) is 10.3 Å². The molecule has 25 heavy (non-hydrogen) atoms. The number of carbonyl (C=O) groups excluding carboxylic acids is 1. The number of rotatable bonds is 6. The average molecular weight is 375 g/mol. The molecule has 0 aliphatic rings. The standard InChI is InChI=1S/C18H15ClN2O3S/c1-23-17-7-12(18(22)21-14-4-2-3-13(19)8-14)5-6-16(17)24-9-15-10-25-11-20-15/h2-8,10-11H,9H2,1H3,(H,21,22). The number of methoxy groups -OCH3 is 1. The molecule has 0 aliphatic heterocycles. The van der Waals surface area contributed by atoms with Crippen LogP contribution in [0, 0.1) is 0 Å². The van der Waals surface area contributed by atoms with Gasteiger partial charge in [0.05, 0.1) is 18.3 Å². The fraction of sp³-hybridized carbons (Fsp3) is 0.111. The summed E-state index contributed by atoms with van der Waals surface area (Å²) in [5.74, 6) is 0.774. The lowest BCUT2D eigenvalue weighted by Gasteiger charge is -2.12. The smallest absolute Gasteiger partial charge is 0.255 e. The lowest BCUT2D eigenvalue weighted by Crippen LogP contribution is -2.12. The van der Waals surface area contributed by atoms with Gasteiger partial charge < -0.3 is 14.8 Å². The quantitative estimate of drug-likeness (QED) is 0.683. The van der Waals surface area contributed by atoms with Gasteiger partial charge in [-0.1, -0.05) is 17.7 Å². The van der Waals surface area contributed by atoms with E-state index in [0.29, 0.717) is 34.4 Å². The molecule has 0 saturated carbocycles. The molecule has 1 aromatic heterocycles. The number of anilines is 1. The van der Waals surface area contributed by atoms with Crippen LogP contribution in [0.3, 0.4) is 0 Å². The van der Waals surface area contributed by atoms with Gasteiger partial charge in [0.25, 0.3) is 5.91 Å². The van der Waals surface area contributed by atoms with Gasteiger partial charge in [0.2, 0.25) is 0 Å². The molecule has 0 bridgehead atoms. The van der Waals surface area contributed by atoms with Crippen LogP contribution in [0.25, 0.3) is 0 Å². The first-order valence-electron chi connectivity index (χ1n) is 7.40. The maximum Gasteiger partial charge on any atom is 0.255 e. The first kappa shape index (κ1) is 17.3. The van der Waals surface area contributed by atoms with Crippen molar-refractivity contribution in [2.75, 3.05) is 12.4 Å². The van der Waals surface area contributed by atoms with Crippen molar-refractivity contribution in [2.24, 2.45) is 0 Å². The number of hydrogen-bond acceptors (Lipinski definition) is 5.